The molecule has 0 aromatic heterocycles. The minimum atomic E-state index is -0.0981. The van der Waals surface area contributed by atoms with Crippen molar-refractivity contribution in [3.63, 3.8) is 0 Å². The number of amides is 1. The van der Waals surface area contributed by atoms with Gasteiger partial charge in [0.2, 0.25) is 5.91 Å². The van der Waals surface area contributed by atoms with Crippen LogP contribution in [0, 0.1) is 0 Å². The second kappa shape index (κ2) is 9.61. The second-order valence-corrected chi connectivity index (χ2v) is 6.03. The number of rotatable bonds is 9. The first kappa shape index (κ1) is 16.8. The average molecular weight is 292 g/mol. The summed E-state index contributed by atoms with van der Waals surface area (Å²) in [5, 5.41) is 6.08. The zero-order valence-electron chi connectivity index (χ0n) is 12.3. The summed E-state index contributed by atoms with van der Waals surface area (Å²) in [6.45, 7) is 10.1. The molecule has 2 N–H and O–H groups in total. The van der Waals surface area contributed by atoms with E-state index < -0.39 is 0 Å². The van der Waals surface area contributed by atoms with E-state index in [-0.39, 0.29) is 11.2 Å². The number of carbonyl (C=O) groups is 1. The van der Waals surface area contributed by atoms with E-state index in [1.807, 2.05) is 6.92 Å². The molecule has 1 unspecified atom stereocenters. The van der Waals surface area contributed by atoms with Crippen LogP contribution in [-0.2, 0) is 11.3 Å². The molecular formula is C16H24N2OS. The van der Waals surface area contributed by atoms with Gasteiger partial charge in [0.1, 0.15) is 0 Å². The molecule has 0 aliphatic rings. The van der Waals surface area contributed by atoms with Crippen LogP contribution in [0.5, 0.6) is 0 Å². The third kappa shape index (κ3) is 6.26. The number of hydrogen-bond acceptors (Lipinski definition) is 3. The molecule has 1 atom stereocenters. The van der Waals surface area contributed by atoms with Crippen molar-refractivity contribution in [1.29, 1.82) is 0 Å². The van der Waals surface area contributed by atoms with E-state index in [4.69, 9.17) is 0 Å². The Bertz CT molecular complexity index is 417. The van der Waals surface area contributed by atoms with Crippen molar-refractivity contribution < 1.29 is 4.79 Å². The van der Waals surface area contributed by atoms with Crippen molar-refractivity contribution >= 4 is 17.7 Å². The van der Waals surface area contributed by atoms with E-state index in [2.05, 4.69) is 48.4 Å². The smallest absolute Gasteiger partial charge is 0.233 e. The highest BCUT2D eigenvalue weighted by molar-refractivity contribution is 8.00. The number of hydrogen-bond donors (Lipinski definition) is 2. The monoisotopic (exact) mass is 292 g/mol. The van der Waals surface area contributed by atoms with Crippen molar-refractivity contribution in [2.75, 3.05) is 13.1 Å². The van der Waals surface area contributed by atoms with Gasteiger partial charge in [-0.15, -0.1) is 18.3 Å². The summed E-state index contributed by atoms with van der Waals surface area (Å²) in [5.74, 6) is 0.0450. The summed E-state index contributed by atoms with van der Waals surface area (Å²) in [4.78, 5) is 12.9. The first-order chi connectivity index (χ1) is 9.67. The molecular weight excluding hydrogens is 268 g/mol. The minimum absolute atomic E-state index is 0.0450. The molecule has 0 aliphatic heterocycles. The van der Waals surface area contributed by atoms with Crippen LogP contribution in [0.1, 0.15) is 25.8 Å². The van der Waals surface area contributed by atoms with Crippen LogP contribution in [-0.4, -0.2) is 24.2 Å². The van der Waals surface area contributed by atoms with Gasteiger partial charge < -0.3 is 10.6 Å². The zero-order chi connectivity index (χ0) is 14.8. The molecule has 20 heavy (non-hydrogen) atoms. The molecule has 1 rings (SSSR count). The van der Waals surface area contributed by atoms with Gasteiger partial charge in [-0.25, -0.2) is 0 Å². The molecule has 4 heteroatoms. The van der Waals surface area contributed by atoms with Crippen LogP contribution >= 0.6 is 11.8 Å². The highest BCUT2D eigenvalue weighted by atomic mass is 32.2. The molecule has 0 aliphatic carbocycles. The van der Waals surface area contributed by atoms with Gasteiger partial charge in [-0.3, -0.25) is 4.79 Å². The molecule has 0 saturated carbocycles. The number of thioether (sulfide) groups is 1. The molecule has 0 heterocycles. The Kier molecular flexibility index (Phi) is 8.07. The fourth-order valence-corrected chi connectivity index (χ4v) is 2.56. The first-order valence-electron chi connectivity index (χ1n) is 7.02. The summed E-state index contributed by atoms with van der Waals surface area (Å²) < 4.78 is 0. The fourth-order valence-electron chi connectivity index (χ4n) is 1.67. The van der Waals surface area contributed by atoms with E-state index in [0.717, 1.165) is 24.4 Å². The third-order valence-electron chi connectivity index (χ3n) is 2.78. The van der Waals surface area contributed by atoms with Crippen molar-refractivity contribution in [3.8, 4) is 0 Å². The maximum Gasteiger partial charge on any atom is 0.233 e. The molecule has 0 radical (unpaired) electrons. The predicted molar refractivity (Wildman–Crippen MR) is 87.0 cm³/mol. The zero-order valence-corrected chi connectivity index (χ0v) is 13.1. The Balaban J connectivity index is 2.43. The van der Waals surface area contributed by atoms with Gasteiger partial charge in [0, 0.05) is 18.0 Å². The number of carbonyl (C=O) groups excluding carboxylic acids is 1. The van der Waals surface area contributed by atoms with Gasteiger partial charge in [0.25, 0.3) is 0 Å². The fraction of sp³-hybridized carbons (Fsp3) is 0.438. The number of nitrogens with one attached hydrogen (secondary N) is 2. The van der Waals surface area contributed by atoms with Crippen LogP contribution in [0.15, 0.2) is 41.8 Å². The molecule has 0 spiro atoms. The van der Waals surface area contributed by atoms with Crippen LogP contribution in [0.3, 0.4) is 0 Å². The topological polar surface area (TPSA) is 41.1 Å². The first-order valence-corrected chi connectivity index (χ1v) is 7.90. The Hall–Kier alpha value is -1.26. The standard InChI is InChI=1S/C16H24N2OS/c1-4-10-17-12-14-6-8-15(9-7-14)20-13(3)16(19)18-11-5-2/h5-9,13,17H,2,4,10-12H2,1,3H3,(H,18,19). The highest BCUT2D eigenvalue weighted by Gasteiger charge is 2.13. The Morgan fingerprint density at radius 2 is 2.10 bits per heavy atom. The van der Waals surface area contributed by atoms with Crippen molar-refractivity contribution in [1.82, 2.24) is 10.6 Å². The van der Waals surface area contributed by atoms with Gasteiger partial charge in [0.15, 0.2) is 0 Å². The average Bonchev–Trinajstić information content (AvgIpc) is 2.46. The Morgan fingerprint density at radius 3 is 2.70 bits per heavy atom. The van der Waals surface area contributed by atoms with E-state index in [9.17, 15) is 4.79 Å². The number of benzene rings is 1. The van der Waals surface area contributed by atoms with Crippen molar-refractivity contribution in [3.05, 3.63) is 42.5 Å². The lowest BCUT2D eigenvalue weighted by atomic mass is 10.2. The summed E-state index contributed by atoms with van der Waals surface area (Å²) in [6, 6.07) is 8.37. The van der Waals surface area contributed by atoms with Gasteiger partial charge in [-0.2, -0.15) is 0 Å². The largest absolute Gasteiger partial charge is 0.352 e. The third-order valence-corrected chi connectivity index (χ3v) is 3.89. The van der Waals surface area contributed by atoms with Crippen molar-refractivity contribution in [2.24, 2.45) is 0 Å². The lowest BCUT2D eigenvalue weighted by Gasteiger charge is -2.11. The van der Waals surface area contributed by atoms with E-state index in [0.29, 0.717) is 6.54 Å². The molecule has 1 aromatic rings. The lowest BCUT2D eigenvalue weighted by Crippen LogP contribution is -2.30. The van der Waals surface area contributed by atoms with Gasteiger partial charge in [0.05, 0.1) is 5.25 Å². The maximum absolute atomic E-state index is 11.8. The summed E-state index contributed by atoms with van der Waals surface area (Å²) >= 11 is 1.57. The van der Waals surface area contributed by atoms with E-state index in [1.165, 1.54) is 5.56 Å². The minimum Gasteiger partial charge on any atom is -0.352 e. The molecule has 110 valence electrons. The van der Waals surface area contributed by atoms with Crippen LogP contribution < -0.4 is 10.6 Å². The predicted octanol–water partition coefficient (Wildman–Crippen LogP) is 2.97. The lowest BCUT2D eigenvalue weighted by molar-refractivity contribution is -0.120. The van der Waals surface area contributed by atoms with Crippen LogP contribution in [0.4, 0.5) is 0 Å². The molecule has 0 fully saturated rings. The molecule has 0 saturated heterocycles. The summed E-state index contributed by atoms with van der Waals surface area (Å²) in [6.07, 6.45) is 2.83. The molecule has 1 amide bonds. The molecule has 1 aromatic carbocycles. The quantitative estimate of drug-likeness (QED) is 0.418. The SMILES string of the molecule is C=CCNC(=O)C(C)Sc1ccc(CNCCC)cc1. The van der Waals surface area contributed by atoms with Gasteiger partial charge in [-0.05, 0) is 37.6 Å². The highest BCUT2D eigenvalue weighted by Crippen LogP contribution is 2.23. The normalized spacial score (nSPS) is 11.9. The molecule has 0 bridgehead atoms. The second-order valence-electron chi connectivity index (χ2n) is 4.61. The van der Waals surface area contributed by atoms with Crippen LogP contribution in [0.25, 0.3) is 0 Å². The summed E-state index contributed by atoms with van der Waals surface area (Å²) in [7, 11) is 0. The Morgan fingerprint density at radius 1 is 1.40 bits per heavy atom. The van der Waals surface area contributed by atoms with Crippen LogP contribution in [0.2, 0.25) is 0 Å². The maximum atomic E-state index is 11.8. The van der Waals surface area contributed by atoms with Gasteiger partial charge >= 0.3 is 0 Å². The van der Waals surface area contributed by atoms with E-state index >= 15 is 0 Å². The Labute approximate surface area is 126 Å². The summed E-state index contributed by atoms with van der Waals surface area (Å²) in [5.41, 5.74) is 1.27. The van der Waals surface area contributed by atoms with E-state index in [1.54, 1.807) is 17.8 Å². The van der Waals surface area contributed by atoms with Gasteiger partial charge in [-0.1, -0.05) is 25.1 Å². The molecule has 3 nitrogen and oxygen atoms in total. The van der Waals surface area contributed by atoms with Crippen molar-refractivity contribution in [2.45, 2.75) is 37.0 Å².